The van der Waals surface area contributed by atoms with Gasteiger partial charge in [0.1, 0.15) is 11.0 Å². The fraction of sp³-hybridized carbons (Fsp3) is 0.167. The topological polar surface area (TPSA) is 71.8 Å². The first-order valence-corrected chi connectivity index (χ1v) is 12.5. The Labute approximate surface area is 220 Å². The summed E-state index contributed by atoms with van der Waals surface area (Å²) in [6.45, 7) is 2.18. The van der Waals surface area contributed by atoms with Crippen LogP contribution < -0.4 is 10.6 Å². The Hall–Kier alpha value is -2.52. The molecule has 0 bridgehead atoms. The van der Waals surface area contributed by atoms with Gasteiger partial charge in [0.15, 0.2) is 5.11 Å². The molecule has 0 radical (unpaired) electrons. The molecule has 0 atom stereocenters. The highest BCUT2D eigenvalue weighted by Gasteiger charge is 2.15. The molecule has 0 aliphatic carbocycles. The van der Waals surface area contributed by atoms with Gasteiger partial charge in [0.25, 0.3) is 5.91 Å². The summed E-state index contributed by atoms with van der Waals surface area (Å²) in [6.07, 6.45) is 3.38. The standard InChI is InChI=1S/C24H20BrCl2N5OS/c1-2-3-4-14-5-8-16(9-6-14)32-30-21-12-19(27)20(13-22(21)31-32)28-24(34)29-23(33)17-11-15(25)7-10-18(17)26/h5-13H,2-4H2,1H3,(H2,28,29,33,34). The number of fused-ring (bicyclic) bond motifs is 1. The third-order valence-electron chi connectivity index (χ3n) is 5.10. The molecule has 2 N–H and O–H groups in total. The highest BCUT2D eigenvalue weighted by Crippen LogP contribution is 2.27. The molecule has 174 valence electrons. The third-order valence-corrected chi connectivity index (χ3v) is 6.44. The van der Waals surface area contributed by atoms with E-state index in [2.05, 4.69) is 55.8 Å². The van der Waals surface area contributed by atoms with E-state index in [4.69, 9.17) is 35.4 Å². The summed E-state index contributed by atoms with van der Waals surface area (Å²) in [7, 11) is 0. The minimum Gasteiger partial charge on any atom is -0.331 e. The van der Waals surface area contributed by atoms with Crippen molar-refractivity contribution in [2.75, 3.05) is 5.32 Å². The van der Waals surface area contributed by atoms with Crippen molar-refractivity contribution in [3.05, 3.63) is 80.2 Å². The molecule has 34 heavy (non-hydrogen) atoms. The van der Waals surface area contributed by atoms with Gasteiger partial charge in [-0.15, -0.1) is 10.2 Å². The molecule has 0 aliphatic rings. The van der Waals surface area contributed by atoms with Crippen LogP contribution in [0.4, 0.5) is 5.69 Å². The number of nitrogens with zero attached hydrogens (tertiary/aromatic N) is 3. The maximum absolute atomic E-state index is 12.6. The number of benzene rings is 3. The van der Waals surface area contributed by atoms with Crippen LogP contribution in [0.1, 0.15) is 35.7 Å². The fourth-order valence-corrected chi connectivity index (χ4v) is 4.29. The van der Waals surface area contributed by atoms with E-state index in [0.717, 1.165) is 29.4 Å². The van der Waals surface area contributed by atoms with Crippen molar-refractivity contribution in [1.29, 1.82) is 0 Å². The Morgan fingerprint density at radius 3 is 2.44 bits per heavy atom. The maximum Gasteiger partial charge on any atom is 0.258 e. The zero-order valence-corrected chi connectivity index (χ0v) is 22.0. The molecule has 0 aliphatic heterocycles. The number of anilines is 1. The SMILES string of the molecule is CCCCc1ccc(-n2nc3cc(Cl)c(NC(=S)NC(=O)c4cc(Br)ccc4Cl)cc3n2)cc1. The minimum atomic E-state index is -0.436. The molecular weight excluding hydrogens is 557 g/mol. The number of unbranched alkanes of at least 4 members (excludes halogenated alkanes) is 1. The molecular formula is C24H20BrCl2N5OS. The van der Waals surface area contributed by atoms with Gasteiger partial charge in [-0.05, 0) is 73.1 Å². The lowest BCUT2D eigenvalue weighted by Gasteiger charge is -2.11. The summed E-state index contributed by atoms with van der Waals surface area (Å²) in [5.74, 6) is -0.436. The molecule has 4 rings (SSSR count). The normalized spacial score (nSPS) is 10.9. The number of nitrogens with one attached hydrogen (secondary N) is 2. The van der Waals surface area contributed by atoms with Gasteiger partial charge in [-0.1, -0.05) is 64.6 Å². The Morgan fingerprint density at radius 2 is 1.74 bits per heavy atom. The van der Waals surface area contributed by atoms with Gasteiger partial charge in [0, 0.05) is 4.47 Å². The lowest BCUT2D eigenvalue weighted by molar-refractivity contribution is 0.0978. The average Bonchev–Trinajstić information content (AvgIpc) is 3.22. The summed E-state index contributed by atoms with van der Waals surface area (Å²) in [4.78, 5) is 14.1. The Bertz CT molecular complexity index is 1370. The van der Waals surface area contributed by atoms with Gasteiger partial charge in [-0.3, -0.25) is 10.1 Å². The summed E-state index contributed by atoms with van der Waals surface area (Å²) in [5, 5.41) is 15.5. The molecule has 0 saturated carbocycles. The van der Waals surface area contributed by atoms with Crippen LogP contribution in [0.2, 0.25) is 10.0 Å². The Kier molecular flexibility index (Phi) is 7.83. The molecule has 1 aromatic heterocycles. The molecule has 0 unspecified atom stereocenters. The van der Waals surface area contributed by atoms with Crippen LogP contribution in [-0.2, 0) is 6.42 Å². The minimum absolute atomic E-state index is 0.0809. The van der Waals surface area contributed by atoms with Crippen molar-refractivity contribution in [2.45, 2.75) is 26.2 Å². The number of halogens is 3. The predicted molar refractivity (Wildman–Crippen MR) is 145 cm³/mol. The summed E-state index contributed by atoms with van der Waals surface area (Å²) in [6, 6.07) is 16.6. The molecule has 10 heteroatoms. The summed E-state index contributed by atoms with van der Waals surface area (Å²) >= 11 is 21.2. The van der Waals surface area contributed by atoms with Gasteiger partial charge in [0.05, 0.1) is 27.0 Å². The van der Waals surface area contributed by atoms with Gasteiger partial charge in [0.2, 0.25) is 0 Å². The number of aromatic nitrogens is 3. The Balaban J connectivity index is 1.50. The van der Waals surface area contributed by atoms with E-state index in [1.807, 2.05) is 12.1 Å². The van der Waals surface area contributed by atoms with Crippen LogP contribution in [0.3, 0.4) is 0 Å². The van der Waals surface area contributed by atoms with Crippen molar-refractivity contribution >= 4 is 79.1 Å². The Morgan fingerprint density at radius 1 is 1.03 bits per heavy atom. The highest BCUT2D eigenvalue weighted by molar-refractivity contribution is 9.10. The number of rotatable bonds is 6. The van der Waals surface area contributed by atoms with Crippen LogP contribution in [-0.4, -0.2) is 26.0 Å². The molecule has 4 aromatic rings. The smallest absolute Gasteiger partial charge is 0.258 e. The monoisotopic (exact) mass is 575 g/mol. The molecule has 0 saturated heterocycles. The summed E-state index contributed by atoms with van der Waals surface area (Å²) < 4.78 is 0.730. The van der Waals surface area contributed by atoms with Crippen molar-refractivity contribution < 1.29 is 4.79 Å². The van der Waals surface area contributed by atoms with E-state index < -0.39 is 5.91 Å². The van der Waals surface area contributed by atoms with Crippen molar-refractivity contribution in [3.8, 4) is 5.69 Å². The van der Waals surface area contributed by atoms with Gasteiger partial charge in [-0.2, -0.15) is 4.80 Å². The highest BCUT2D eigenvalue weighted by atomic mass is 79.9. The predicted octanol–water partition coefficient (Wildman–Crippen LogP) is 6.96. The first-order valence-electron chi connectivity index (χ1n) is 10.6. The van der Waals surface area contributed by atoms with Crippen molar-refractivity contribution in [2.24, 2.45) is 0 Å². The van der Waals surface area contributed by atoms with E-state index in [0.29, 0.717) is 32.3 Å². The van der Waals surface area contributed by atoms with Crippen LogP contribution in [0.25, 0.3) is 16.7 Å². The average molecular weight is 577 g/mol. The maximum atomic E-state index is 12.6. The van der Waals surface area contributed by atoms with E-state index >= 15 is 0 Å². The second-order valence-electron chi connectivity index (χ2n) is 7.61. The number of carbonyl (C=O) groups is 1. The molecule has 0 fully saturated rings. The lowest BCUT2D eigenvalue weighted by Crippen LogP contribution is -2.34. The van der Waals surface area contributed by atoms with Gasteiger partial charge >= 0.3 is 0 Å². The molecule has 1 amide bonds. The number of hydrogen-bond donors (Lipinski definition) is 2. The number of hydrogen-bond acceptors (Lipinski definition) is 4. The van der Waals surface area contributed by atoms with Gasteiger partial charge < -0.3 is 5.32 Å². The van der Waals surface area contributed by atoms with E-state index in [1.54, 1.807) is 35.1 Å². The van der Waals surface area contributed by atoms with E-state index in [1.165, 1.54) is 5.56 Å². The van der Waals surface area contributed by atoms with E-state index in [-0.39, 0.29) is 5.11 Å². The fourth-order valence-electron chi connectivity index (χ4n) is 3.32. The van der Waals surface area contributed by atoms with Crippen molar-refractivity contribution in [1.82, 2.24) is 20.3 Å². The van der Waals surface area contributed by atoms with Crippen LogP contribution in [0, 0.1) is 0 Å². The largest absolute Gasteiger partial charge is 0.331 e. The van der Waals surface area contributed by atoms with Crippen LogP contribution in [0.15, 0.2) is 59.1 Å². The first-order chi connectivity index (χ1) is 16.3. The van der Waals surface area contributed by atoms with Crippen LogP contribution >= 0.6 is 51.3 Å². The van der Waals surface area contributed by atoms with E-state index in [9.17, 15) is 4.79 Å². The molecule has 3 aromatic carbocycles. The molecule has 1 heterocycles. The number of thiocarbonyl (C=S) groups is 1. The first kappa shape index (κ1) is 24.6. The second-order valence-corrected chi connectivity index (χ2v) is 9.75. The van der Waals surface area contributed by atoms with Crippen LogP contribution in [0.5, 0.6) is 0 Å². The third kappa shape index (κ3) is 5.75. The van der Waals surface area contributed by atoms with Crippen molar-refractivity contribution in [3.63, 3.8) is 0 Å². The quantitative estimate of drug-likeness (QED) is 0.243. The number of amides is 1. The molecule has 0 spiro atoms. The zero-order chi connectivity index (χ0) is 24.2. The molecule has 6 nitrogen and oxygen atoms in total. The summed E-state index contributed by atoms with van der Waals surface area (Å²) in [5.41, 5.74) is 4.21. The number of aryl methyl sites for hydroxylation is 1. The lowest BCUT2D eigenvalue weighted by atomic mass is 10.1. The number of carbonyl (C=O) groups excluding carboxylic acids is 1. The zero-order valence-electron chi connectivity index (χ0n) is 18.1. The van der Waals surface area contributed by atoms with Gasteiger partial charge in [-0.25, -0.2) is 0 Å². The second kappa shape index (κ2) is 10.8.